The average molecular weight is 299 g/mol. The van der Waals surface area contributed by atoms with E-state index in [1.54, 1.807) is 37.3 Å². The number of hydrogen-bond acceptors (Lipinski definition) is 4. The van der Waals surface area contributed by atoms with Crippen molar-refractivity contribution in [2.45, 2.75) is 19.8 Å². The molecule has 0 atom stereocenters. The monoisotopic (exact) mass is 299 g/mol. The van der Waals surface area contributed by atoms with Crippen LogP contribution in [0.1, 0.15) is 30.9 Å². The van der Waals surface area contributed by atoms with Gasteiger partial charge >= 0.3 is 11.9 Å². The molecule has 0 aliphatic heterocycles. The Kier molecular flexibility index (Phi) is 6.58. The molecule has 1 N–H and O–H groups in total. The SMILES string of the molecule is C=C(C)C(=O)OCCCC(=Cc1ccc(C#N)cc1)C(=O)O. The molecule has 1 rings (SSSR count). The lowest BCUT2D eigenvalue weighted by Gasteiger charge is -2.05. The molecule has 0 radical (unpaired) electrons. The Morgan fingerprint density at radius 1 is 1.36 bits per heavy atom. The maximum absolute atomic E-state index is 11.2. The fourth-order valence-corrected chi connectivity index (χ4v) is 1.65. The smallest absolute Gasteiger partial charge is 0.333 e. The van der Waals surface area contributed by atoms with Crippen LogP contribution in [0.25, 0.3) is 6.08 Å². The average Bonchev–Trinajstić information content (AvgIpc) is 2.50. The zero-order valence-corrected chi connectivity index (χ0v) is 12.3. The molecule has 1 aromatic rings. The van der Waals surface area contributed by atoms with Gasteiger partial charge in [0.25, 0.3) is 0 Å². The van der Waals surface area contributed by atoms with Crippen molar-refractivity contribution in [1.29, 1.82) is 5.26 Å². The number of nitriles is 1. The van der Waals surface area contributed by atoms with Crippen LogP contribution in [0.4, 0.5) is 0 Å². The zero-order chi connectivity index (χ0) is 16.5. The number of carbonyl (C=O) groups excluding carboxylic acids is 1. The van der Waals surface area contributed by atoms with Crippen LogP contribution in [0.2, 0.25) is 0 Å². The number of ether oxygens (including phenoxy) is 1. The third kappa shape index (κ3) is 5.63. The zero-order valence-electron chi connectivity index (χ0n) is 12.3. The highest BCUT2D eigenvalue weighted by Crippen LogP contribution is 2.13. The van der Waals surface area contributed by atoms with Crippen LogP contribution in [0.3, 0.4) is 0 Å². The molecule has 1 aromatic carbocycles. The van der Waals surface area contributed by atoms with Gasteiger partial charge in [-0.3, -0.25) is 0 Å². The van der Waals surface area contributed by atoms with Crippen molar-refractivity contribution in [2.24, 2.45) is 0 Å². The lowest BCUT2D eigenvalue weighted by molar-refractivity contribution is -0.139. The van der Waals surface area contributed by atoms with Crippen LogP contribution in [0.5, 0.6) is 0 Å². The minimum Gasteiger partial charge on any atom is -0.478 e. The van der Waals surface area contributed by atoms with E-state index in [4.69, 9.17) is 10.00 Å². The molecule has 5 nitrogen and oxygen atoms in total. The second kappa shape index (κ2) is 8.42. The number of carboxylic acid groups (broad SMARTS) is 1. The summed E-state index contributed by atoms with van der Waals surface area (Å²) < 4.78 is 4.92. The molecule has 0 aromatic heterocycles. The standard InChI is InChI=1S/C17H17NO4/c1-12(2)17(21)22-9-3-4-15(16(19)20)10-13-5-7-14(11-18)8-6-13/h5-8,10H,1,3-4,9H2,2H3,(H,19,20). The van der Waals surface area contributed by atoms with Crippen LogP contribution in [-0.4, -0.2) is 23.7 Å². The summed E-state index contributed by atoms with van der Waals surface area (Å²) >= 11 is 0. The molecule has 0 aliphatic carbocycles. The predicted octanol–water partition coefficient (Wildman–Crippen LogP) is 2.93. The van der Waals surface area contributed by atoms with Crippen molar-refractivity contribution in [3.8, 4) is 6.07 Å². The first-order valence-electron chi connectivity index (χ1n) is 6.70. The van der Waals surface area contributed by atoms with Gasteiger partial charge in [-0.05, 0) is 43.5 Å². The highest BCUT2D eigenvalue weighted by molar-refractivity contribution is 5.92. The quantitative estimate of drug-likeness (QED) is 0.475. The first-order valence-corrected chi connectivity index (χ1v) is 6.70. The van der Waals surface area contributed by atoms with Crippen LogP contribution in [0.15, 0.2) is 42.0 Å². The summed E-state index contributed by atoms with van der Waals surface area (Å²) in [6.45, 7) is 5.16. The molecule has 0 aliphatic rings. The number of esters is 1. The molecule has 5 heteroatoms. The van der Waals surface area contributed by atoms with Gasteiger partial charge in [-0.15, -0.1) is 0 Å². The molecule has 0 fully saturated rings. The Labute approximate surface area is 129 Å². The van der Waals surface area contributed by atoms with Crippen molar-refractivity contribution in [3.63, 3.8) is 0 Å². The maximum atomic E-state index is 11.2. The van der Waals surface area contributed by atoms with E-state index >= 15 is 0 Å². The number of aliphatic carboxylic acids is 1. The second-order valence-corrected chi connectivity index (χ2v) is 4.73. The van der Waals surface area contributed by atoms with E-state index < -0.39 is 11.9 Å². The summed E-state index contributed by atoms with van der Waals surface area (Å²) in [4.78, 5) is 22.4. The molecule has 22 heavy (non-hydrogen) atoms. The minimum atomic E-state index is -1.02. The number of carbonyl (C=O) groups is 2. The van der Waals surface area contributed by atoms with Gasteiger partial charge in [-0.2, -0.15) is 5.26 Å². The van der Waals surface area contributed by atoms with Crippen LogP contribution < -0.4 is 0 Å². The van der Waals surface area contributed by atoms with Crippen molar-refractivity contribution in [3.05, 3.63) is 53.1 Å². The van der Waals surface area contributed by atoms with E-state index in [-0.39, 0.29) is 18.6 Å². The normalized spacial score (nSPS) is 10.6. The fraction of sp³-hybridized carbons (Fsp3) is 0.235. The highest BCUT2D eigenvalue weighted by Gasteiger charge is 2.09. The molecule has 0 bridgehead atoms. The first kappa shape index (κ1) is 17.2. The van der Waals surface area contributed by atoms with Crippen LogP contribution >= 0.6 is 0 Å². The largest absolute Gasteiger partial charge is 0.478 e. The summed E-state index contributed by atoms with van der Waals surface area (Å²) in [6, 6.07) is 8.62. The van der Waals surface area contributed by atoms with Gasteiger partial charge < -0.3 is 9.84 Å². The topological polar surface area (TPSA) is 87.4 Å². The molecule has 0 saturated carbocycles. The van der Waals surface area contributed by atoms with Crippen molar-refractivity contribution in [1.82, 2.24) is 0 Å². The van der Waals surface area contributed by atoms with Crippen molar-refractivity contribution in [2.75, 3.05) is 6.61 Å². The summed E-state index contributed by atoms with van der Waals surface area (Å²) in [7, 11) is 0. The van der Waals surface area contributed by atoms with Gasteiger partial charge in [0.05, 0.1) is 18.2 Å². The van der Waals surface area contributed by atoms with Gasteiger partial charge in [0.2, 0.25) is 0 Å². The van der Waals surface area contributed by atoms with Crippen LogP contribution in [-0.2, 0) is 14.3 Å². The fourth-order valence-electron chi connectivity index (χ4n) is 1.65. The highest BCUT2D eigenvalue weighted by atomic mass is 16.5. The molecule has 0 heterocycles. The number of rotatable bonds is 7. The van der Waals surface area contributed by atoms with E-state index in [2.05, 4.69) is 6.58 Å². The number of carboxylic acids is 1. The van der Waals surface area contributed by atoms with E-state index in [0.717, 1.165) is 0 Å². The van der Waals surface area contributed by atoms with E-state index in [1.165, 1.54) is 0 Å². The number of benzene rings is 1. The molecule has 114 valence electrons. The predicted molar refractivity (Wildman–Crippen MR) is 81.8 cm³/mol. The van der Waals surface area contributed by atoms with Gasteiger partial charge in [0, 0.05) is 11.1 Å². The number of hydrogen-bond donors (Lipinski definition) is 1. The molecule has 0 unspecified atom stereocenters. The summed E-state index contributed by atoms with van der Waals surface area (Å²) in [6.07, 6.45) is 2.23. The summed E-state index contributed by atoms with van der Waals surface area (Å²) in [5.41, 5.74) is 1.75. The number of nitrogens with zero attached hydrogens (tertiary/aromatic N) is 1. The third-order valence-electron chi connectivity index (χ3n) is 2.83. The third-order valence-corrected chi connectivity index (χ3v) is 2.83. The Hall–Kier alpha value is -2.87. The Morgan fingerprint density at radius 2 is 2.00 bits per heavy atom. The summed E-state index contributed by atoms with van der Waals surface area (Å²) in [5, 5.41) is 17.9. The van der Waals surface area contributed by atoms with Crippen LogP contribution in [0, 0.1) is 11.3 Å². The first-order chi connectivity index (χ1) is 10.4. The molecule has 0 saturated heterocycles. The second-order valence-electron chi connectivity index (χ2n) is 4.73. The van der Waals surface area contributed by atoms with Gasteiger partial charge in [-0.25, -0.2) is 9.59 Å². The lowest BCUT2D eigenvalue weighted by Crippen LogP contribution is -2.08. The summed E-state index contributed by atoms with van der Waals surface area (Å²) in [5.74, 6) is -1.50. The van der Waals surface area contributed by atoms with E-state index in [1.807, 2.05) is 6.07 Å². The van der Waals surface area contributed by atoms with Gasteiger partial charge in [-0.1, -0.05) is 18.7 Å². The molecule has 0 spiro atoms. The Morgan fingerprint density at radius 3 is 2.50 bits per heavy atom. The maximum Gasteiger partial charge on any atom is 0.333 e. The lowest BCUT2D eigenvalue weighted by atomic mass is 10.1. The van der Waals surface area contributed by atoms with Gasteiger partial charge in [0.15, 0.2) is 0 Å². The van der Waals surface area contributed by atoms with E-state index in [9.17, 15) is 14.7 Å². The van der Waals surface area contributed by atoms with Crippen molar-refractivity contribution >= 4 is 18.0 Å². The molecule has 0 amide bonds. The molecular formula is C17H17NO4. The van der Waals surface area contributed by atoms with Gasteiger partial charge in [0.1, 0.15) is 0 Å². The minimum absolute atomic E-state index is 0.143. The van der Waals surface area contributed by atoms with Crippen molar-refractivity contribution < 1.29 is 19.4 Å². The Bertz CT molecular complexity index is 636. The van der Waals surface area contributed by atoms with E-state index in [0.29, 0.717) is 23.1 Å². The Balaban J connectivity index is 2.63. The molecular weight excluding hydrogens is 282 g/mol.